The Bertz CT molecular complexity index is 417. The van der Waals surface area contributed by atoms with Gasteiger partial charge in [-0.15, -0.1) is 0 Å². The number of hydrogen-bond acceptors (Lipinski definition) is 5. The largest absolute Gasteiger partial charge is 0.458 e. The van der Waals surface area contributed by atoms with E-state index in [9.17, 15) is 9.59 Å². The Balaban J connectivity index is 2.78. The summed E-state index contributed by atoms with van der Waals surface area (Å²) in [7, 11) is 0. The van der Waals surface area contributed by atoms with Gasteiger partial charge in [0.1, 0.15) is 5.60 Å². The van der Waals surface area contributed by atoms with Crippen molar-refractivity contribution in [3.63, 3.8) is 0 Å². The van der Waals surface area contributed by atoms with E-state index in [0.29, 0.717) is 0 Å². The molecule has 0 aliphatic carbocycles. The lowest BCUT2D eigenvalue weighted by molar-refractivity contribution is -0.161. The third-order valence-corrected chi connectivity index (χ3v) is 2.14. The first-order valence-electron chi connectivity index (χ1n) is 5.72. The molecule has 5 heteroatoms. The van der Waals surface area contributed by atoms with Crippen LogP contribution in [0.3, 0.4) is 0 Å². The van der Waals surface area contributed by atoms with Gasteiger partial charge >= 0.3 is 11.9 Å². The van der Waals surface area contributed by atoms with E-state index in [1.165, 1.54) is 6.92 Å². The van der Waals surface area contributed by atoms with Crippen LogP contribution in [0.15, 0.2) is 24.1 Å². The number of dihydropyridines is 1. The number of rotatable bonds is 2. The summed E-state index contributed by atoms with van der Waals surface area (Å²) < 4.78 is 10.2. The van der Waals surface area contributed by atoms with Crippen molar-refractivity contribution in [1.82, 2.24) is 5.32 Å². The average Bonchev–Trinajstić information content (AvgIpc) is 2.13. The summed E-state index contributed by atoms with van der Waals surface area (Å²) in [5.74, 6) is -0.641. The maximum absolute atomic E-state index is 12.1. The highest BCUT2D eigenvalue weighted by atomic mass is 16.6. The zero-order valence-electron chi connectivity index (χ0n) is 11.4. The van der Waals surface area contributed by atoms with E-state index in [0.717, 1.165) is 0 Å². The van der Waals surface area contributed by atoms with E-state index in [1.54, 1.807) is 45.9 Å². The Hall–Kier alpha value is -1.78. The zero-order chi connectivity index (χ0) is 14.0. The van der Waals surface area contributed by atoms with Crippen molar-refractivity contribution in [2.75, 3.05) is 0 Å². The molecular formula is C13H19NO4. The normalized spacial score (nSPS) is 22.8. The molecule has 1 aliphatic rings. The van der Waals surface area contributed by atoms with Gasteiger partial charge in [-0.1, -0.05) is 6.08 Å². The standard InChI is InChI=1S/C13H19NO4/c1-9(15)17-10-7-6-8-13(5,14-10)11(16)18-12(2,3)4/h6-8,14H,1-5H3. The molecule has 0 amide bonds. The number of carbonyl (C=O) groups excluding carboxylic acids is 2. The Morgan fingerprint density at radius 3 is 2.44 bits per heavy atom. The monoisotopic (exact) mass is 253 g/mol. The van der Waals surface area contributed by atoms with Crippen LogP contribution in [0, 0.1) is 0 Å². The molecule has 1 rings (SSSR count). The van der Waals surface area contributed by atoms with Crippen molar-refractivity contribution in [3.8, 4) is 0 Å². The van der Waals surface area contributed by atoms with Crippen molar-refractivity contribution in [3.05, 3.63) is 24.1 Å². The van der Waals surface area contributed by atoms with Crippen molar-refractivity contribution >= 4 is 11.9 Å². The fourth-order valence-electron chi connectivity index (χ4n) is 1.38. The summed E-state index contributed by atoms with van der Waals surface area (Å²) in [5.41, 5.74) is -1.61. The molecule has 1 N–H and O–H groups in total. The highest BCUT2D eigenvalue weighted by Gasteiger charge is 2.37. The van der Waals surface area contributed by atoms with Crippen molar-refractivity contribution in [1.29, 1.82) is 0 Å². The second-order valence-corrected chi connectivity index (χ2v) is 5.31. The number of allylic oxidation sites excluding steroid dienone is 2. The highest BCUT2D eigenvalue weighted by molar-refractivity contribution is 5.84. The van der Waals surface area contributed by atoms with E-state index in [4.69, 9.17) is 9.47 Å². The summed E-state index contributed by atoms with van der Waals surface area (Å²) in [4.78, 5) is 22.9. The van der Waals surface area contributed by atoms with Crippen molar-refractivity contribution in [2.24, 2.45) is 0 Å². The maximum Gasteiger partial charge on any atom is 0.336 e. The van der Waals surface area contributed by atoms with Crippen LogP contribution in [0.5, 0.6) is 0 Å². The lowest BCUT2D eigenvalue weighted by Crippen LogP contribution is -2.51. The third kappa shape index (κ3) is 3.91. The summed E-state index contributed by atoms with van der Waals surface area (Å²) in [5, 5.41) is 2.84. The molecular weight excluding hydrogens is 234 g/mol. The molecule has 0 radical (unpaired) electrons. The Morgan fingerprint density at radius 1 is 1.33 bits per heavy atom. The molecule has 0 fully saturated rings. The number of hydrogen-bond donors (Lipinski definition) is 1. The van der Waals surface area contributed by atoms with Crippen molar-refractivity contribution < 1.29 is 19.1 Å². The van der Waals surface area contributed by atoms with Crippen LogP contribution in [0.2, 0.25) is 0 Å². The van der Waals surface area contributed by atoms with E-state index in [2.05, 4.69) is 5.32 Å². The van der Waals surface area contributed by atoms with E-state index >= 15 is 0 Å². The van der Waals surface area contributed by atoms with Gasteiger partial charge < -0.3 is 14.8 Å². The molecule has 18 heavy (non-hydrogen) atoms. The van der Waals surface area contributed by atoms with Gasteiger partial charge in [-0.3, -0.25) is 4.79 Å². The molecule has 1 aliphatic heterocycles. The summed E-state index contributed by atoms with van der Waals surface area (Å²) in [6.45, 7) is 8.34. The van der Waals surface area contributed by atoms with Gasteiger partial charge in [-0.05, 0) is 39.8 Å². The van der Waals surface area contributed by atoms with Gasteiger partial charge in [-0.25, -0.2) is 4.79 Å². The van der Waals surface area contributed by atoms with Crippen LogP contribution in [-0.4, -0.2) is 23.1 Å². The smallest absolute Gasteiger partial charge is 0.336 e. The van der Waals surface area contributed by atoms with E-state index in [1.807, 2.05) is 0 Å². The fraction of sp³-hybridized carbons (Fsp3) is 0.538. The molecule has 1 atom stereocenters. The quantitative estimate of drug-likeness (QED) is 0.758. The molecule has 1 unspecified atom stereocenters. The minimum absolute atomic E-state index is 0.235. The Kier molecular flexibility index (Phi) is 3.84. The highest BCUT2D eigenvalue weighted by Crippen LogP contribution is 2.20. The first-order chi connectivity index (χ1) is 8.12. The Labute approximate surface area is 107 Å². The molecule has 100 valence electrons. The molecule has 0 aromatic rings. The van der Waals surface area contributed by atoms with Crippen LogP contribution >= 0.6 is 0 Å². The van der Waals surface area contributed by atoms with Crippen LogP contribution in [0.1, 0.15) is 34.6 Å². The first kappa shape index (κ1) is 14.3. The lowest BCUT2D eigenvalue weighted by Gasteiger charge is -2.32. The van der Waals surface area contributed by atoms with Gasteiger partial charge in [0.2, 0.25) is 0 Å². The lowest BCUT2D eigenvalue weighted by atomic mass is 9.99. The van der Waals surface area contributed by atoms with Crippen molar-refractivity contribution in [2.45, 2.75) is 45.8 Å². The minimum Gasteiger partial charge on any atom is -0.458 e. The van der Waals surface area contributed by atoms with E-state index in [-0.39, 0.29) is 5.88 Å². The Morgan fingerprint density at radius 2 is 1.94 bits per heavy atom. The predicted octanol–water partition coefficient (Wildman–Crippen LogP) is 1.65. The summed E-state index contributed by atoms with van der Waals surface area (Å²) in [6.07, 6.45) is 4.89. The van der Waals surface area contributed by atoms with Crippen LogP contribution in [0.25, 0.3) is 0 Å². The summed E-state index contributed by atoms with van der Waals surface area (Å²) in [6, 6.07) is 0. The van der Waals surface area contributed by atoms with Crippen LogP contribution < -0.4 is 5.32 Å². The van der Waals surface area contributed by atoms with Crippen LogP contribution in [-0.2, 0) is 19.1 Å². The van der Waals surface area contributed by atoms with Gasteiger partial charge in [0.25, 0.3) is 0 Å². The van der Waals surface area contributed by atoms with Gasteiger partial charge in [-0.2, -0.15) is 0 Å². The third-order valence-electron chi connectivity index (χ3n) is 2.14. The molecule has 0 aromatic heterocycles. The second-order valence-electron chi connectivity index (χ2n) is 5.31. The molecule has 0 bridgehead atoms. The second kappa shape index (κ2) is 4.84. The number of esters is 2. The summed E-state index contributed by atoms with van der Waals surface area (Å²) >= 11 is 0. The number of nitrogens with one attached hydrogen (secondary N) is 1. The van der Waals surface area contributed by atoms with Gasteiger partial charge in [0.15, 0.2) is 11.4 Å². The molecule has 0 spiro atoms. The maximum atomic E-state index is 12.1. The predicted molar refractivity (Wildman–Crippen MR) is 66.4 cm³/mol. The molecule has 0 saturated carbocycles. The molecule has 0 aromatic carbocycles. The average molecular weight is 253 g/mol. The molecule has 0 saturated heterocycles. The van der Waals surface area contributed by atoms with E-state index < -0.39 is 23.1 Å². The fourth-order valence-corrected chi connectivity index (χ4v) is 1.38. The SMILES string of the molecule is CC(=O)OC1=CC=CC(C)(C(=O)OC(C)(C)C)N1. The number of ether oxygens (including phenoxy) is 2. The van der Waals surface area contributed by atoms with Crippen LogP contribution in [0.4, 0.5) is 0 Å². The molecule has 1 heterocycles. The number of carbonyl (C=O) groups is 2. The minimum atomic E-state index is -1.03. The zero-order valence-corrected chi connectivity index (χ0v) is 11.4. The first-order valence-corrected chi connectivity index (χ1v) is 5.72. The molecule has 5 nitrogen and oxygen atoms in total. The van der Waals surface area contributed by atoms with Gasteiger partial charge in [0.05, 0.1) is 0 Å². The van der Waals surface area contributed by atoms with Gasteiger partial charge in [0, 0.05) is 6.92 Å². The topological polar surface area (TPSA) is 64.6 Å².